The molecule has 0 radical (unpaired) electrons. The van der Waals surface area contributed by atoms with Crippen molar-refractivity contribution < 1.29 is 13.6 Å². The Kier molecular flexibility index (Phi) is 3.62. The fourth-order valence-electron chi connectivity index (χ4n) is 2.98. The van der Waals surface area contributed by atoms with Gasteiger partial charge in [-0.1, -0.05) is 6.92 Å². The zero-order valence-electron chi connectivity index (χ0n) is 9.96. The molecule has 0 aromatic carbocycles. The molecule has 1 saturated heterocycles. The Balaban J connectivity index is 2.05. The van der Waals surface area contributed by atoms with E-state index in [-0.39, 0.29) is 24.8 Å². The Bertz CT molecular complexity index is 311. The van der Waals surface area contributed by atoms with Crippen LogP contribution in [0.15, 0.2) is 0 Å². The first-order valence-corrected chi connectivity index (χ1v) is 6.70. The van der Waals surface area contributed by atoms with Gasteiger partial charge in [0.25, 0.3) is 5.92 Å². The maximum absolute atomic E-state index is 13.7. The number of hydrogen-bond acceptors (Lipinski definition) is 1. The van der Waals surface area contributed by atoms with Crippen molar-refractivity contribution >= 4 is 17.5 Å². The predicted octanol–water partition coefficient (Wildman–Crippen LogP) is 2.90. The van der Waals surface area contributed by atoms with E-state index in [4.69, 9.17) is 11.6 Å². The molecule has 1 aliphatic heterocycles. The van der Waals surface area contributed by atoms with Gasteiger partial charge in [0.2, 0.25) is 5.91 Å². The Labute approximate surface area is 105 Å². The number of fused-ring (bicyclic) bond motifs is 1. The lowest BCUT2D eigenvalue weighted by Crippen LogP contribution is -2.39. The van der Waals surface area contributed by atoms with Crippen LogP contribution in [0.1, 0.15) is 32.6 Å². The second-order valence-corrected chi connectivity index (χ2v) is 5.67. The average Bonchev–Trinajstić information content (AvgIpc) is 2.72. The van der Waals surface area contributed by atoms with E-state index in [1.165, 1.54) is 4.90 Å². The maximum atomic E-state index is 13.7. The van der Waals surface area contributed by atoms with E-state index >= 15 is 0 Å². The summed E-state index contributed by atoms with van der Waals surface area (Å²) in [5.41, 5.74) is 0. The summed E-state index contributed by atoms with van der Waals surface area (Å²) in [5, 5.41) is -0.566. The molecule has 2 aliphatic rings. The number of hydrogen-bond donors (Lipinski definition) is 0. The summed E-state index contributed by atoms with van der Waals surface area (Å²) >= 11 is 5.89. The summed E-state index contributed by atoms with van der Waals surface area (Å²) in [4.78, 5) is 13.4. The van der Waals surface area contributed by atoms with Crippen LogP contribution < -0.4 is 0 Å². The summed E-state index contributed by atoms with van der Waals surface area (Å²) in [7, 11) is 0. The fourth-order valence-corrected chi connectivity index (χ4v) is 3.12. The van der Waals surface area contributed by atoms with Gasteiger partial charge in [0.15, 0.2) is 0 Å². The van der Waals surface area contributed by atoms with Crippen molar-refractivity contribution in [1.29, 1.82) is 0 Å². The third-order valence-corrected chi connectivity index (χ3v) is 4.50. The number of amides is 1. The molecule has 5 heteroatoms. The van der Waals surface area contributed by atoms with Crippen molar-refractivity contribution in [2.75, 3.05) is 13.1 Å². The van der Waals surface area contributed by atoms with E-state index in [2.05, 4.69) is 0 Å². The first-order valence-electron chi connectivity index (χ1n) is 6.26. The second-order valence-electron chi connectivity index (χ2n) is 5.14. The predicted molar refractivity (Wildman–Crippen MR) is 62.3 cm³/mol. The maximum Gasteiger partial charge on any atom is 0.252 e. The SMILES string of the molecule is CC[C@H](Cl)C(=O)N1C[C@H]2CCCC(F)(F)[C@H]2C1. The van der Waals surface area contributed by atoms with Crippen LogP contribution in [0.25, 0.3) is 0 Å². The summed E-state index contributed by atoms with van der Waals surface area (Å²) in [6.45, 7) is 2.47. The van der Waals surface area contributed by atoms with Crippen LogP contribution in [0.5, 0.6) is 0 Å². The lowest BCUT2D eigenvalue weighted by Gasteiger charge is -2.32. The van der Waals surface area contributed by atoms with Crippen LogP contribution in [0.3, 0.4) is 0 Å². The highest BCUT2D eigenvalue weighted by atomic mass is 35.5. The van der Waals surface area contributed by atoms with Crippen molar-refractivity contribution in [3.63, 3.8) is 0 Å². The molecule has 0 bridgehead atoms. The Hall–Kier alpha value is -0.380. The van der Waals surface area contributed by atoms with Crippen LogP contribution in [0.4, 0.5) is 8.78 Å². The molecule has 1 aliphatic carbocycles. The second kappa shape index (κ2) is 4.71. The van der Waals surface area contributed by atoms with Gasteiger partial charge in [0.1, 0.15) is 5.38 Å². The minimum atomic E-state index is -2.61. The zero-order chi connectivity index (χ0) is 12.6. The first kappa shape index (κ1) is 13.1. The van der Waals surface area contributed by atoms with Crippen molar-refractivity contribution in [3.05, 3.63) is 0 Å². The molecule has 98 valence electrons. The quantitative estimate of drug-likeness (QED) is 0.703. The van der Waals surface area contributed by atoms with E-state index in [1.807, 2.05) is 6.92 Å². The molecule has 2 fully saturated rings. The highest BCUT2D eigenvalue weighted by Gasteiger charge is 2.52. The third kappa shape index (κ3) is 2.42. The van der Waals surface area contributed by atoms with Gasteiger partial charge in [0.05, 0.1) is 0 Å². The first-order chi connectivity index (χ1) is 7.95. The number of carbonyl (C=O) groups excluding carboxylic acids is 1. The molecule has 3 atom stereocenters. The smallest absolute Gasteiger partial charge is 0.252 e. The number of nitrogens with zero attached hydrogens (tertiary/aromatic N) is 1. The van der Waals surface area contributed by atoms with Crippen molar-refractivity contribution in [2.24, 2.45) is 11.8 Å². The van der Waals surface area contributed by atoms with Crippen LogP contribution >= 0.6 is 11.6 Å². The monoisotopic (exact) mass is 265 g/mol. The average molecular weight is 266 g/mol. The summed E-state index contributed by atoms with van der Waals surface area (Å²) < 4.78 is 27.4. The van der Waals surface area contributed by atoms with Gasteiger partial charge >= 0.3 is 0 Å². The molecule has 2 rings (SSSR count). The van der Waals surface area contributed by atoms with E-state index in [0.717, 1.165) is 6.42 Å². The molecule has 0 aromatic rings. The standard InChI is InChI=1S/C12H18ClF2NO/c1-2-10(13)11(17)16-6-8-4-3-5-12(14,15)9(8)7-16/h8-10H,2-7H2,1H3/t8-,9+,10+/m1/s1. The highest BCUT2D eigenvalue weighted by Crippen LogP contribution is 2.46. The minimum Gasteiger partial charge on any atom is -0.341 e. The van der Waals surface area contributed by atoms with E-state index in [0.29, 0.717) is 19.4 Å². The molecule has 17 heavy (non-hydrogen) atoms. The number of halogens is 3. The van der Waals surface area contributed by atoms with Crippen LogP contribution in [0, 0.1) is 11.8 Å². The Morgan fingerprint density at radius 3 is 2.82 bits per heavy atom. The van der Waals surface area contributed by atoms with E-state index in [9.17, 15) is 13.6 Å². The fraction of sp³-hybridized carbons (Fsp3) is 0.917. The molecule has 0 spiro atoms. The van der Waals surface area contributed by atoms with Gasteiger partial charge in [-0.2, -0.15) is 0 Å². The Morgan fingerprint density at radius 2 is 2.24 bits per heavy atom. The van der Waals surface area contributed by atoms with Gasteiger partial charge < -0.3 is 4.90 Å². The molecule has 1 heterocycles. The minimum absolute atomic E-state index is 0.0335. The van der Waals surface area contributed by atoms with Gasteiger partial charge in [-0.25, -0.2) is 8.78 Å². The van der Waals surface area contributed by atoms with Crippen molar-refractivity contribution in [2.45, 2.75) is 43.9 Å². The van der Waals surface area contributed by atoms with Crippen molar-refractivity contribution in [3.8, 4) is 0 Å². The number of rotatable bonds is 2. The van der Waals surface area contributed by atoms with Crippen molar-refractivity contribution in [1.82, 2.24) is 4.90 Å². The van der Waals surface area contributed by atoms with Crippen LogP contribution in [0.2, 0.25) is 0 Å². The normalized spacial score (nSPS) is 33.3. The largest absolute Gasteiger partial charge is 0.341 e. The molecule has 1 saturated carbocycles. The Morgan fingerprint density at radius 1 is 1.53 bits per heavy atom. The summed E-state index contributed by atoms with van der Waals surface area (Å²) in [6.07, 6.45) is 1.88. The lowest BCUT2D eigenvalue weighted by molar-refractivity contribution is -0.130. The molecular formula is C12H18ClF2NO. The topological polar surface area (TPSA) is 20.3 Å². The van der Waals surface area contributed by atoms with Gasteiger partial charge in [-0.3, -0.25) is 4.79 Å². The van der Waals surface area contributed by atoms with E-state index in [1.54, 1.807) is 0 Å². The van der Waals surface area contributed by atoms with Crippen LogP contribution in [-0.4, -0.2) is 35.2 Å². The van der Waals surface area contributed by atoms with Gasteiger partial charge in [0, 0.05) is 25.4 Å². The summed E-state index contributed by atoms with van der Waals surface area (Å²) in [6, 6.07) is 0. The molecule has 0 unspecified atom stereocenters. The molecule has 0 aromatic heterocycles. The molecule has 0 N–H and O–H groups in total. The third-order valence-electron chi connectivity index (χ3n) is 4.01. The molecule has 1 amide bonds. The summed E-state index contributed by atoms with van der Waals surface area (Å²) in [5.74, 6) is -3.48. The molecule has 2 nitrogen and oxygen atoms in total. The number of carbonyl (C=O) groups is 1. The number of likely N-dealkylation sites (tertiary alicyclic amines) is 1. The highest BCUT2D eigenvalue weighted by molar-refractivity contribution is 6.30. The van der Waals surface area contributed by atoms with Gasteiger partial charge in [-0.15, -0.1) is 11.6 Å². The van der Waals surface area contributed by atoms with Crippen LogP contribution in [-0.2, 0) is 4.79 Å². The number of alkyl halides is 3. The lowest BCUT2D eigenvalue weighted by atomic mass is 9.79. The van der Waals surface area contributed by atoms with E-state index < -0.39 is 17.2 Å². The van der Waals surface area contributed by atoms with Gasteiger partial charge in [-0.05, 0) is 25.2 Å². The zero-order valence-corrected chi connectivity index (χ0v) is 10.7. The molecular weight excluding hydrogens is 248 g/mol.